The molecule has 0 spiro atoms. The summed E-state index contributed by atoms with van der Waals surface area (Å²) in [5.41, 5.74) is 5.06. The molecule has 5 aromatic carbocycles. The molecule has 3 aliphatic rings. The number of allylic oxidation sites excluding steroid dienone is 1. The van der Waals surface area contributed by atoms with Crippen molar-refractivity contribution >= 4 is 35.7 Å². The largest absolute Gasteiger partial charge is 0.494 e. The Balaban J connectivity index is 0.709. The van der Waals surface area contributed by atoms with E-state index in [0.717, 1.165) is 65.2 Å². The molecule has 0 amide bonds. The first kappa shape index (κ1) is 41.7. The Hall–Kier alpha value is -7.01. The van der Waals surface area contributed by atoms with Crippen molar-refractivity contribution in [2.45, 2.75) is 50.4 Å². The van der Waals surface area contributed by atoms with Gasteiger partial charge in [-0.25, -0.2) is 0 Å². The zero-order chi connectivity index (χ0) is 42.8. The van der Waals surface area contributed by atoms with Crippen LogP contribution in [-0.4, -0.2) is 56.1 Å². The summed E-state index contributed by atoms with van der Waals surface area (Å²) in [5, 5.41) is 0. The molecule has 4 unspecified atom stereocenters. The van der Waals surface area contributed by atoms with Crippen molar-refractivity contribution in [3.05, 3.63) is 150 Å². The molecule has 2 fully saturated rings. The molecule has 5 aromatic rings. The third kappa shape index (κ3) is 10.1. The van der Waals surface area contributed by atoms with Crippen molar-refractivity contribution in [2.75, 3.05) is 26.4 Å². The Bertz CT molecular complexity index is 2420. The van der Waals surface area contributed by atoms with Gasteiger partial charge in [0, 0.05) is 5.56 Å². The number of fused-ring (bicyclic) bond motifs is 3. The van der Waals surface area contributed by atoms with Crippen LogP contribution in [-0.2, 0) is 28.7 Å². The normalized spacial score (nSPS) is 19.1. The average molecular weight is 835 g/mol. The van der Waals surface area contributed by atoms with Gasteiger partial charge in [-0.05, 0) is 120 Å². The lowest BCUT2D eigenvalue weighted by Crippen LogP contribution is -2.31. The summed E-state index contributed by atoms with van der Waals surface area (Å²) in [6.07, 6.45) is 7.18. The minimum absolute atomic E-state index is 0.0391. The molecule has 2 heterocycles. The van der Waals surface area contributed by atoms with Crippen LogP contribution >= 0.6 is 0 Å². The van der Waals surface area contributed by atoms with Gasteiger partial charge in [0.2, 0.25) is 0 Å². The second kappa shape index (κ2) is 19.6. The molecule has 0 saturated carbocycles. The number of carbonyl (C=O) groups is 5. The van der Waals surface area contributed by atoms with Crippen molar-refractivity contribution < 1.29 is 52.4 Å². The van der Waals surface area contributed by atoms with Gasteiger partial charge in [0.15, 0.2) is 5.78 Å². The van der Waals surface area contributed by atoms with E-state index >= 15 is 0 Å². The van der Waals surface area contributed by atoms with E-state index in [-0.39, 0.29) is 18.6 Å². The van der Waals surface area contributed by atoms with Gasteiger partial charge in [-0.1, -0.05) is 78.9 Å². The van der Waals surface area contributed by atoms with Crippen molar-refractivity contribution in [1.29, 1.82) is 0 Å². The van der Waals surface area contributed by atoms with E-state index in [1.807, 2.05) is 97.1 Å². The monoisotopic (exact) mass is 834 g/mol. The molecular formula is C51H46O11. The zero-order valence-electron chi connectivity index (χ0n) is 34.1. The summed E-state index contributed by atoms with van der Waals surface area (Å²) in [6, 6.07) is 38.1. The molecule has 316 valence electrons. The number of esters is 4. The van der Waals surface area contributed by atoms with E-state index in [2.05, 4.69) is 0 Å². The maximum atomic E-state index is 12.7. The third-order valence-electron chi connectivity index (χ3n) is 11.5. The van der Waals surface area contributed by atoms with Gasteiger partial charge < -0.3 is 28.4 Å². The fraction of sp³-hybridized carbons (Fsp3) is 0.275. The lowest BCUT2D eigenvalue weighted by atomic mass is 9.67. The van der Waals surface area contributed by atoms with Crippen molar-refractivity contribution in [1.82, 2.24) is 0 Å². The molecule has 0 radical (unpaired) electrons. The molecular weight excluding hydrogens is 789 g/mol. The summed E-state index contributed by atoms with van der Waals surface area (Å²) in [7, 11) is 0. The van der Waals surface area contributed by atoms with Crippen LogP contribution in [0.4, 0.5) is 0 Å². The van der Waals surface area contributed by atoms with Gasteiger partial charge in [-0.2, -0.15) is 0 Å². The highest BCUT2D eigenvalue weighted by molar-refractivity contribution is 6.06. The molecule has 2 saturated heterocycles. The molecule has 0 aromatic heterocycles. The van der Waals surface area contributed by atoms with Crippen molar-refractivity contribution in [3.8, 4) is 34.1 Å². The van der Waals surface area contributed by atoms with E-state index in [1.54, 1.807) is 36.4 Å². The highest BCUT2D eigenvalue weighted by Crippen LogP contribution is 2.51. The first-order chi connectivity index (χ1) is 30.3. The van der Waals surface area contributed by atoms with Gasteiger partial charge >= 0.3 is 23.9 Å². The molecule has 2 aliphatic heterocycles. The topological polar surface area (TPSA) is 141 Å². The van der Waals surface area contributed by atoms with Crippen LogP contribution in [0.2, 0.25) is 0 Å². The zero-order valence-corrected chi connectivity index (χ0v) is 34.1. The van der Waals surface area contributed by atoms with Gasteiger partial charge in [-0.3, -0.25) is 24.0 Å². The number of cyclic esters (lactones) is 4. The van der Waals surface area contributed by atoms with E-state index in [4.69, 9.17) is 28.4 Å². The lowest BCUT2D eigenvalue weighted by Gasteiger charge is -2.33. The number of unbranched alkanes of at least 4 members (excludes halogenated alkanes) is 3. The predicted molar refractivity (Wildman–Crippen MR) is 229 cm³/mol. The smallest absolute Gasteiger partial charge is 0.321 e. The Kier molecular flexibility index (Phi) is 13.2. The lowest BCUT2D eigenvalue weighted by molar-refractivity contribution is -0.155. The van der Waals surface area contributed by atoms with Gasteiger partial charge in [0.25, 0.3) is 0 Å². The Morgan fingerprint density at radius 3 is 1.68 bits per heavy atom. The van der Waals surface area contributed by atoms with Gasteiger partial charge in [0.05, 0.1) is 37.4 Å². The first-order valence-electron chi connectivity index (χ1n) is 21.0. The molecule has 11 heteroatoms. The van der Waals surface area contributed by atoms with Crippen molar-refractivity contribution in [3.63, 3.8) is 0 Å². The van der Waals surface area contributed by atoms with Crippen LogP contribution in [0.15, 0.2) is 127 Å². The van der Waals surface area contributed by atoms with Crippen LogP contribution < -0.4 is 18.9 Å². The number of ether oxygens (including phenoxy) is 6. The fourth-order valence-electron chi connectivity index (χ4n) is 8.23. The van der Waals surface area contributed by atoms with Crippen LogP contribution in [0.5, 0.6) is 23.0 Å². The molecule has 11 nitrogen and oxygen atoms in total. The van der Waals surface area contributed by atoms with E-state index in [1.165, 1.54) is 0 Å². The summed E-state index contributed by atoms with van der Waals surface area (Å²) >= 11 is 0. The van der Waals surface area contributed by atoms with Gasteiger partial charge in [-0.15, -0.1) is 0 Å². The molecule has 0 N–H and O–H groups in total. The number of carbonyl (C=O) groups excluding carboxylic acids is 5. The number of hydrogen-bond donors (Lipinski definition) is 0. The SMILES string of the molecule is O=C1CC(C2CC3C(=O)OC(=O)C3c3cc(OCCCCCCOc4ccc(-c5ccc(OCCOc6ccc(/C=C/C(=O)c7ccccc7)cc6)cc5)cc4)ccc32)C(=O)O1. The summed E-state index contributed by atoms with van der Waals surface area (Å²) < 4.78 is 33.5. The predicted octanol–water partition coefficient (Wildman–Crippen LogP) is 9.09. The summed E-state index contributed by atoms with van der Waals surface area (Å²) in [4.78, 5) is 61.8. The standard InChI is InChI=1S/C51H46O11/c52-46(36-8-4-3-5-9-36)25-12-33-10-17-37(18-11-33)59-28-29-60-39-21-15-35(16-22-39)34-13-19-38(20-14-34)57-26-6-1-2-7-27-58-40-23-24-41-42(44-32-47(53)61-49(44)54)31-45-48(43(41)30-40)51(56)62-50(45)55/h3-5,8-25,30,42,44-45,48H,1-2,6-7,26-29,31-32H2/b25-12+. The molecule has 1 aliphatic carbocycles. The number of hydrogen-bond acceptors (Lipinski definition) is 11. The summed E-state index contributed by atoms with van der Waals surface area (Å²) in [6.45, 7) is 1.85. The minimum Gasteiger partial charge on any atom is -0.494 e. The number of benzene rings is 5. The number of rotatable bonds is 19. The quantitative estimate of drug-likeness (QED) is 0.0259. The van der Waals surface area contributed by atoms with Crippen LogP contribution in [0.1, 0.15) is 77.4 Å². The Labute approximate surface area is 359 Å². The maximum Gasteiger partial charge on any atom is 0.321 e. The maximum absolute atomic E-state index is 12.7. The van der Waals surface area contributed by atoms with Crippen LogP contribution in [0, 0.1) is 11.8 Å². The molecule has 8 rings (SSSR count). The van der Waals surface area contributed by atoms with E-state index in [0.29, 0.717) is 43.3 Å². The number of ketones is 1. The molecule has 0 bridgehead atoms. The second-order valence-electron chi connectivity index (χ2n) is 15.6. The Morgan fingerprint density at radius 1 is 0.532 bits per heavy atom. The summed E-state index contributed by atoms with van der Waals surface area (Å²) in [5.74, 6) is -2.13. The minimum atomic E-state index is -0.751. The van der Waals surface area contributed by atoms with Crippen molar-refractivity contribution in [2.24, 2.45) is 11.8 Å². The van der Waals surface area contributed by atoms with E-state index in [9.17, 15) is 24.0 Å². The van der Waals surface area contributed by atoms with E-state index < -0.39 is 47.5 Å². The van der Waals surface area contributed by atoms with Gasteiger partial charge in [0.1, 0.15) is 36.2 Å². The van der Waals surface area contributed by atoms with Crippen LogP contribution in [0.25, 0.3) is 17.2 Å². The highest BCUT2D eigenvalue weighted by atomic mass is 16.6. The second-order valence-corrected chi connectivity index (χ2v) is 15.6. The fourth-order valence-corrected chi connectivity index (χ4v) is 8.23. The first-order valence-corrected chi connectivity index (χ1v) is 21.0. The third-order valence-corrected chi connectivity index (χ3v) is 11.5. The average Bonchev–Trinajstić information content (AvgIpc) is 3.80. The molecule has 4 atom stereocenters. The highest BCUT2D eigenvalue weighted by Gasteiger charge is 2.53. The molecule has 62 heavy (non-hydrogen) atoms. The Morgan fingerprint density at radius 2 is 1.08 bits per heavy atom. The van der Waals surface area contributed by atoms with Crippen LogP contribution in [0.3, 0.4) is 0 Å².